The average molecular weight is 291 g/mol. The Bertz CT molecular complexity index is 702. The van der Waals surface area contributed by atoms with Crippen molar-refractivity contribution >= 4 is 28.9 Å². The van der Waals surface area contributed by atoms with Gasteiger partial charge in [0.1, 0.15) is 5.82 Å². The predicted molar refractivity (Wildman–Crippen MR) is 77.6 cm³/mol. The number of hydrogen-bond acceptors (Lipinski definition) is 2. The lowest BCUT2D eigenvalue weighted by atomic mass is 10.1. The minimum absolute atomic E-state index is 0.0103. The maximum absolute atomic E-state index is 13.5. The highest BCUT2D eigenvalue weighted by atomic mass is 35.5. The minimum atomic E-state index is -0.589. The normalized spacial score (nSPS) is 13.4. The monoisotopic (exact) mass is 290 g/mol. The van der Waals surface area contributed by atoms with Gasteiger partial charge in [-0.2, -0.15) is 0 Å². The first-order valence-corrected chi connectivity index (χ1v) is 6.59. The third-order valence-electron chi connectivity index (χ3n) is 3.41. The number of carbonyl (C=O) groups is 1. The highest BCUT2D eigenvalue weighted by molar-refractivity contribution is 6.30. The molecule has 3 nitrogen and oxygen atoms in total. The van der Waals surface area contributed by atoms with E-state index in [1.54, 1.807) is 11.0 Å². The number of nitrogens with zero attached hydrogens (tertiary/aromatic N) is 1. The van der Waals surface area contributed by atoms with E-state index in [0.29, 0.717) is 12.2 Å². The van der Waals surface area contributed by atoms with Crippen molar-refractivity contribution in [3.63, 3.8) is 0 Å². The zero-order valence-corrected chi connectivity index (χ0v) is 11.3. The summed E-state index contributed by atoms with van der Waals surface area (Å²) in [5.74, 6) is -0.821. The lowest BCUT2D eigenvalue weighted by Gasteiger charge is -2.17. The Morgan fingerprint density at radius 3 is 2.80 bits per heavy atom. The smallest absolute Gasteiger partial charge is 0.258 e. The molecule has 0 saturated carbocycles. The maximum atomic E-state index is 13.5. The maximum Gasteiger partial charge on any atom is 0.258 e. The molecule has 1 amide bonds. The number of hydrogen-bond donors (Lipinski definition) is 1. The van der Waals surface area contributed by atoms with Crippen molar-refractivity contribution in [3.05, 3.63) is 58.4 Å². The molecule has 1 aliphatic heterocycles. The van der Waals surface area contributed by atoms with E-state index in [-0.39, 0.29) is 16.5 Å². The molecule has 2 aromatic carbocycles. The van der Waals surface area contributed by atoms with Crippen LogP contribution in [0.15, 0.2) is 36.4 Å². The largest absolute Gasteiger partial charge is 0.399 e. The van der Waals surface area contributed by atoms with Gasteiger partial charge in [-0.3, -0.25) is 4.79 Å². The number of nitrogen functional groups attached to an aromatic ring is 1. The zero-order valence-electron chi connectivity index (χ0n) is 10.6. The van der Waals surface area contributed by atoms with Gasteiger partial charge in [0, 0.05) is 23.5 Å². The molecule has 0 aromatic heterocycles. The number of carbonyl (C=O) groups excluding carboxylic acids is 1. The van der Waals surface area contributed by atoms with Gasteiger partial charge in [-0.1, -0.05) is 11.6 Å². The molecule has 1 aliphatic rings. The quantitative estimate of drug-likeness (QED) is 0.819. The van der Waals surface area contributed by atoms with Crippen molar-refractivity contribution in [3.8, 4) is 0 Å². The van der Waals surface area contributed by atoms with Crippen molar-refractivity contribution in [2.75, 3.05) is 17.2 Å². The predicted octanol–water partition coefficient (Wildman–Crippen LogP) is 3.26. The van der Waals surface area contributed by atoms with E-state index < -0.39 is 5.82 Å². The van der Waals surface area contributed by atoms with Crippen molar-refractivity contribution in [2.24, 2.45) is 0 Å². The van der Waals surface area contributed by atoms with Crippen LogP contribution in [0.25, 0.3) is 0 Å². The van der Waals surface area contributed by atoms with E-state index in [1.165, 1.54) is 18.2 Å². The fourth-order valence-corrected chi connectivity index (χ4v) is 2.54. The molecule has 3 rings (SSSR count). The first-order chi connectivity index (χ1) is 9.56. The van der Waals surface area contributed by atoms with Crippen LogP contribution >= 0.6 is 11.6 Å². The molecule has 0 fully saturated rings. The average Bonchev–Trinajstić information content (AvgIpc) is 2.84. The Kier molecular flexibility index (Phi) is 3.10. The molecule has 20 heavy (non-hydrogen) atoms. The second kappa shape index (κ2) is 4.80. The molecular formula is C15H12ClFN2O. The third kappa shape index (κ3) is 2.12. The summed E-state index contributed by atoms with van der Waals surface area (Å²) in [7, 11) is 0. The van der Waals surface area contributed by atoms with E-state index in [2.05, 4.69) is 0 Å². The molecule has 102 valence electrons. The van der Waals surface area contributed by atoms with Crippen LogP contribution in [0.1, 0.15) is 15.9 Å². The van der Waals surface area contributed by atoms with Gasteiger partial charge in [0.2, 0.25) is 0 Å². The summed E-state index contributed by atoms with van der Waals surface area (Å²) in [5.41, 5.74) is 8.57. The number of rotatable bonds is 1. The summed E-state index contributed by atoms with van der Waals surface area (Å²) in [4.78, 5) is 14.1. The van der Waals surface area contributed by atoms with Gasteiger partial charge in [0.15, 0.2) is 0 Å². The van der Waals surface area contributed by atoms with E-state index in [9.17, 15) is 9.18 Å². The standard InChI is InChI=1S/C15H12ClFN2O/c16-12-3-1-10(8-13(12)17)15(20)19-6-5-9-7-11(18)2-4-14(9)19/h1-4,7-8H,5-6,18H2. The summed E-state index contributed by atoms with van der Waals surface area (Å²) < 4.78 is 13.5. The van der Waals surface area contributed by atoms with Crippen LogP contribution in [0.2, 0.25) is 5.02 Å². The Balaban J connectivity index is 1.95. The van der Waals surface area contributed by atoms with Gasteiger partial charge in [-0.15, -0.1) is 0 Å². The molecule has 0 saturated heterocycles. The Morgan fingerprint density at radius 1 is 1.25 bits per heavy atom. The Labute approximate surface area is 120 Å². The second-order valence-electron chi connectivity index (χ2n) is 4.72. The summed E-state index contributed by atoms with van der Waals surface area (Å²) in [6.45, 7) is 0.571. The summed E-state index contributed by atoms with van der Waals surface area (Å²) >= 11 is 5.63. The first-order valence-electron chi connectivity index (χ1n) is 6.21. The van der Waals surface area contributed by atoms with Crippen molar-refractivity contribution in [2.45, 2.75) is 6.42 Å². The first kappa shape index (κ1) is 12.9. The summed E-state index contributed by atoms with van der Waals surface area (Å²) in [5, 5.41) is 0.0103. The second-order valence-corrected chi connectivity index (χ2v) is 5.13. The molecule has 0 radical (unpaired) electrons. The van der Waals surface area contributed by atoms with Crippen molar-refractivity contribution in [1.82, 2.24) is 0 Å². The van der Waals surface area contributed by atoms with Crippen LogP contribution < -0.4 is 10.6 Å². The van der Waals surface area contributed by atoms with E-state index in [1.807, 2.05) is 12.1 Å². The molecule has 2 N–H and O–H groups in total. The highest BCUT2D eigenvalue weighted by Crippen LogP contribution is 2.31. The van der Waals surface area contributed by atoms with Crippen molar-refractivity contribution in [1.29, 1.82) is 0 Å². The van der Waals surface area contributed by atoms with Crippen LogP contribution in [0.5, 0.6) is 0 Å². The van der Waals surface area contributed by atoms with Crippen molar-refractivity contribution < 1.29 is 9.18 Å². The molecule has 0 bridgehead atoms. The summed E-state index contributed by atoms with van der Waals surface area (Å²) in [6, 6.07) is 9.53. The van der Waals surface area contributed by atoms with Gasteiger partial charge in [0.25, 0.3) is 5.91 Å². The lowest BCUT2D eigenvalue weighted by molar-refractivity contribution is 0.0989. The van der Waals surface area contributed by atoms with Crippen LogP contribution in [0.4, 0.5) is 15.8 Å². The highest BCUT2D eigenvalue weighted by Gasteiger charge is 2.25. The number of fused-ring (bicyclic) bond motifs is 1. The SMILES string of the molecule is Nc1ccc2c(c1)CCN2C(=O)c1ccc(Cl)c(F)c1. The lowest BCUT2D eigenvalue weighted by Crippen LogP contribution is -2.28. The van der Waals surface area contributed by atoms with Gasteiger partial charge in [-0.05, 0) is 48.4 Å². The van der Waals surface area contributed by atoms with Crippen LogP contribution in [0.3, 0.4) is 0 Å². The van der Waals surface area contributed by atoms with E-state index >= 15 is 0 Å². The zero-order chi connectivity index (χ0) is 14.3. The van der Waals surface area contributed by atoms with E-state index in [4.69, 9.17) is 17.3 Å². The number of nitrogens with two attached hydrogens (primary N) is 1. The molecule has 0 spiro atoms. The number of halogens is 2. The van der Waals surface area contributed by atoms with Crippen LogP contribution in [-0.4, -0.2) is 12.5 Å². The van der Waals surface area contributed by atoms with Gasteiger partial charge < -0.3 is 10.6 Å². The molecule has 1 heterocycles. The number of anilines is 2. The molecule has 0 aliphatic carbocycles. The molecule has 0 atom stereocenters. The van der Waals surface area contributed by atoms with E-state index in [0.717, 1.165) is 17.7 Å². The fraction of sp³-hybridized carbons (Fsp3) is 0.133. The molecule has 2 aromatic rings. The Hall–Kier alpha value is -2.07. The van der Waals surface area contributed by atoms with Crippen LogP contribution in [0, 0.1) is 5.82 Å². The fourth-order valence-electron chi connectivity index (χ4n) is 2.42. The number of benzene rings is 2. The topological polar surface area (TPSA) is 46.3 Å². The molecule has 5 heteroatoms. The number of amides is 1. The van der Waals surface area contributed by atoms with Gasteiger partial charge in [0.05, 0.1) is 5.02 Å². The third-order valence-corrected chi connectivity index (χ3v) is 3.72. The Morgan fingerprint density at radius 2 is 2.05 bits per heavy atom. The molecule has 0 unspecified atom stereocenters. The minimum Gasteiger partial charge on any atom is -0.399 e. The van der Waals surface area contributed by atoms with Gasteiger partial charge in [-0.25, -0.2) is 4.39 Å². The van der Waals surface area contributed by atoms with Crippen LogP contribution in [-0.2, 0) is 6.42 Å². The molecular weight excluding hydrogens is 279 g/mol. The summed E-state index contributed by atoms with van der Waals surface area (Å²) in [6.07, 6.45) is 0.752. The van der Waals surface area contributed by atoms with Gasteiger partial charge >= 0.3 is 0 Å².